The Morgan fingerprint density at radius 2 is 1.97 bits per heavy atom. The van der Waals surface area contributed by atoms with Crippen molar-refractivity contribution in [3.63, 3.8) is 0 Å². The van der Waals surface area contributed by atoms with Gasteiger partial charge in [-0.3, -0.25) is 9.59 Å². The van der Waals surface area contributed by atoms with Crippen LogP contribution in [0.5, 0.6) is 0 Å². The van der Waals surface area contributed by atoms with Crippen molar-refractivity contribution in [2.24, 2.45) is 22.2 Å². The number of amides is 1. The number of carbonyl (C=O) groups is 2. The molecule has 0 bridgehead atoms. The molecule has 0 saturated heterocycles. The Balaban J connectivity index is 0.000000479. The largest absolute Gasteiger partial charge is 0.409 e. The van der Waals surface area contributed by atoms with E-state index in [1.165, 1.54) is 19.3 Å². The smallest absolute Gasteiger partial charge is 0.244 e. The van der Waals surface area contributed by atoms with E-state index in [0.717, 1.165) is 24.9 Å². The fourth-order valence-electron chi connectivity index (χ4n) is 3.47. The van der Waals surface area contributed by atoms with Crippen molar-refractivity contribution in [1.82, 2.24) is 5.32 Å². The first-order valence-corrected chi connectivity index (χ1v) is 10.7. The molecule has 30 heavy (non-hydrogen) atoms. The normalized spacial score (nSPS) is 18.0. The molecule has 1 saturated carbocycles. The zero-order chi connectivity index (χ0) is 22.6. The number of rotatable bonds is 8. The van der Waals surface area contributed by atoms with Gasteiger partial charge in [-0.05, 0) is 49.2 Å². The van der Waals surface area contributed by atoms with E-state index in [9.17, 15) is 9.59 Å². The number of nitrogens with two attached hydrogens (primary N) is 1. The van der Waals surface area contributed by atoms with Crippen molar-refractivity contribution in [1.29, 1.82) is 0 Å². The van der Waals surface area contributed by atoms with Crippen molar-refractivity contribution >= 4 is 23.6 Å². The molecule has 0 aromatic heterocycles. The summed E-state index contributed by atoms with van der Waals surface area (Å²) in [6.07, 6.45) is 9.81. The lowest BCUT2D eigenvalue weighted by Crippen LogP contribution is -2.32. The van der Waals surface area contributed by atoms with Gasteiger partial charge in [-0.25, -0.2) is 0 Å². The van der Waals surface area contributed by atoms with Crippen LogP contribution >= 0.6 is 0 Å². The summed E-state index contributed by atoms with van der Waals surface area (Å²) < 4.78 is 0. The average Bonchev–Trinajstić information content (AvgIpc) is 3.07. The second-order valence-electron chi connectivity index (χ2n) is 8.53. The zero-order valence-corrected chi connectivity index (χ0v) is 18.8. The van der Waals surface area contributed by atoms with Gasteiger partial charge in [-0.1, -0.05) is 63.0 Å². The van der Waals surface area contributed by atoms with E-state index < -0.39 is 0 Å². The highest BCUT2D eigenvalue weighted by Crippen LogP contribution is 2.41. The highest BCUT2D eigenvalue weighted by Gasteiger charge is 2.34. The number of amidine groups is 1. The SMILES string of the molecule is CC(=O)c1ccc(/C=C/C(=O)NCC2CCCC2(C)C)cc1.CCCC/C(N)=N\O. The fourth-order valence-corrected chi connectivity index (χ4v) is 3.47. The van der Waals surface area contributed by atoms with Crippen LogP contribution in [-0.2, 0) is 4.79 Å². The van der Waals surface area contributed by atoms with Gasteiger partial charge in [-0.2, -0.15) is 0 Å². The number of unbranched alkanes of at least 4 members (excludes halogenated alkanes) is 1. The van der Waals surface area contributed by atoms with Gasteiger partial charge in [0.25, 0.3) is 0 Å². The van der Waals surface area contributed by atoms with Crippen molar-refractivity contribution in [3.05, 3.63) is 41.5 Å². The molecule has 0 spiro atoms. The minimum Gasteiger partial charge on any atom is -0.409 e. The summed E-state index contributed by atoms with van der Waals surface area (Å²) in [5, 5.41) is 13.8. The molecule has 1 atom stereocenters. The molecule has 4 N–H and O–H groups in total. The molecule has 166 valence electrons. The first-order valence-electron chi connectivity index (χ1n) is 10.7. The molecule has 1 fully saturated rings. The summed E-state index contributed by atoms with van der Waals surface area (Å²) in [5.74, 6) is 0.886. The average molecular weight is 416 g/mol. The summed E-state index contributed by atoms with van der Waals surface area (Å²) in [7, 11) is 0. The lowest BCUT2D eigenvalue weighted by atomic mass is 9.82. The number of nitrogens with zero attached hydrogens (tertiary/aromatic N) is 1. The van der Waals surface area contributed by atoms with Crippen LogP contribution in [0.4, 0.5) is 0 Å². The van der Waals surface area contributed by atoms with Gasteiger partial charge >= 0.3 is 0 Å². The van der Waals surface area contributed by atoms with Crippen LogP contribution in [0.15, 0.2) is 35.5 Å². The summed E-state index contributed by atoms with van der Waals surface area (Å²) in [4.78, 5) is 23.1. The quantitative estimate of drug-likeness (QED) is 0.142. The van der Waals surface area contributed by atoms with Crippen LogP contribution in [0, 0.1) is 11.3 Å². The lowest BCUT2D eigenvalue weighted by Gasteiger charge is -2.26. The molecule has 6 heteroatoms. The van der Waals surface area contributed by atoms with E-state index in [1.807, 2.05) is 12.1 Å². The topological polar surface area (TPSA) is 105 Å². The number of benzene rings is 1. The van der Waals surface area contributed by atoms with Crippen LogP contribution < -0.4 is 11.1 Å². The van der Waals surface area contributed by atoms with E-state index in [2.05, 4.69) is 31.2 Å². The molecule has 2 rings (SSSR count). The van der Waals surface area contributed by atoms with Crippen LogP contribution in [-0.4, -0.2) is 29.3 Å². The van der Waals surface area contributed by atoms with Gasteiger partial charge in [-0.15, -0.1) is 0 Å². The maximum absolute atomic E-state index is 11.9. The number of nitrogens with one attached hydrogen (secondary N) is 1. The molecular formula is C24H37N3O3. The molecule has 1 amide bonds. The highest BCUT2D eigenvalue weighted by atomic mass is 16.4. The van der Waals surface area contributed by atoms with E-state index >= 15 is 0 Å². The van der Waals surface area contributed by atoms with Crippen molar-refractivity contribution in [2.45, 2.75) is 66.2 Å². The molecule has 0 aliphatic heterocycles. The Kier molecular flexibility index (Phi) is 10.9. The molecule has 1 aromatic rings. The number of oxime groups is 1. The number of carbonyl (C=O) groups excluding carboxylic acids is 2. The summed E-state index contributed by atoms with van der Waals surface area (Å²) in [6, 6.07) is 7.25. The van der Waals surface area contributed by atoms with Crippen LogP contribution in [0.2, 0.25) is 0 Å². The van der Waals surface area contributed by atoms with Gasteiger partial charge in [0.2, 0.25) is 5.91 Å². The molecule has 0 heterocycles. The molecule has 0 radical (unpaired) electrons. The Morgan fingerprint density at radius 1 is 1.30 bits per heavy atom. The Hall–Kier alpha value is -2.63. The molecule has 6 nitrogen and oxygen atoms in total. The zero-order valence-electron chi connectivity index (χ0n) is 18.8. The number of hydrogen-bond acceptors (Lipinski definition) is 4. The number of Topliss-reactive ketones (excluding diaryl/α,β-unsaturated/α-hetero) is 1. The van der Waals surface area contributed by atoms with Crippen LogP contribution in [0.1, 0.15) is 82.1 Å². The molecule has 1 aromatic carbocycles. The third-order valence-corrected chi connectivity index (χ3v) is 5.66. The standard InChI is InChI=1S/C19H25NO2.C5H12N2O/c1-14(21)16-9-6-15(7-10-16)8-11-18(22)20-13-17-5-4-12-19(17,2)3;1-2-3-4-5(6)7-8/h6-11,17H,4-5,12-13H2,1-3H3,(H,20,22);8H,2-4H2,1H3,(H2,6,7)/b11-8+;. The predicted molar refractivity (Wildman–Crippen MR) is 123 cm³/mol. The van der Waals surface area contributed by atoms with E-state index in [1.54, 1.807) is 31.2 Å². The molecule has 1 aliphatic rings. The molecule has 1 aliphatic carbocycles. The minimum atomic E-state index is -0.0571. The minimum absolute atomic E-state index is 0.0486. The fraction of sp³-hybridized carbons (Fsp3) is 0.542. The third-order valence-electron chi connectivity index (χ3n) is 5.66. The van der Waals surface area contributed by atoms with Crippen molar-refractivity contribution in [2.75, 3.05) is 6.54 Å². The number of ketones is 1. The van der Waals surface area contributed by atoms with Gasteiger partial charge in [0.1, 0.15) is 5.84 Å². The Bertz CT molecular complexity index is 737. The number of hydrogen-bond donors (Lipinski definition) is 3. The molecule has 1 unspecified atom stereocenters. The Morgan fingerprint density at radius 3 is 2.47 bits per heavy atom. The maximum atomic E-state index is 11.9. The predicted octanol–water partition coefficient (Wildman–Crippen LogP) is 4.77. The van der Waals surface area contributed by atoms with Crippen molar-refractivity contribution in [3.8, 4) is 0 Å². The van der Waals surface area contributed by atoms with Gasteiger partial charge in [0, 0.05) is 24.6 Å². The van der Waals surface area contributed by atoms with Crippen LogP contribution in [0.25, 0.3) is 6.08 Å². The summed E-state index contributed by atoms with van der Waals surface area (Å²) in [6.45, 7) is 8.92. The molecular weight excluding hydrogens is 378 g/mol. The van der Waals surface area contributed by atoms with Crippen LogP contribution in [0.3, 0.4) is 0 Å². The second kappa shape index (κ2) is 12.8. The maximum Gasteiger partial charge on any atom is 0.244 e. The summed E-state index contributed by atoms with van der Waals surface area (Å²) in [5.41, 5.74) is 7.10. The van der Waals surface area contributed by atoms with Crippen molar-refractivity contribution < 1.29 is 14.8 Å². The first-order chi connectivity index (χ1) is 14.2. The monoisotopic (exact) mass is 415 g/mol. The van der Waals surface area contributed by atoms with Gasteiger partial charge in [0.15, 0.2) is 5.78 Å². The highest BCUT2D eigenvalue weighted by molar-refractivity contribution is 5.94. The van der Waals surface area contributed by atoms with E-state index in [0.29, 0.717) is 29.2 Å². The second-order valence-corrected chi connectivity index (χ2v) is 8.53. The Labute approximate surface area is 180 Å². The third kappa shape index (κ3) is 9.25. The van der Waals surface area contributed by atoms with Gasteiger partial charge in [0.05, 0.1) is 0 Å². The van der Waals surface area contributed by atoms with Gasteiger partial charge < -0.3 is 16.3 Å². The van der Waals surface area contributed by atoms with E-state index in [4.69, 9.17) is 10.9 Å². The first kappa shape index (κ1) is 25.4. The summed E-state index contributed by atoms with van der Waals surface area (Å²) >= 11 is 0. The van der Waals surface area contributed by atoms with E-state index in [-0.39, 0.29) is 11.7 Å². The lowest BCUT2D eigenvalue weighted by molar-refractivity contribution is -0.116.